The first-order valence-corrected chi connectivity index (χ1v) is 10.0. The Balaban J connectivity index is 1.29. The minimum atomic E-state index is -0.148. The van der Waals surface area contributed by atoms with Gasteiger partial charge in [-0.15, -0.1) is 0 Å². The Labute approximate surface area is 169 Å². The lowest BCUT2D eigenvalue weighted by molar-refractivity contribution is 0.122. The van der Waals surface area contributed by atoms with Crippen molar-refractivity contribution in [3.05, 3.63) is 40.6 Å². The Morgan fingerprint density at radius 1 is 1.24 bits per heavy atom. The summed E-state index contributed by atoms with van der Waals surface area (Å²) in [6.45, 7) is 5.55. The third-order valence-electron chi connectivity index (χ3n) is 5.33. The molecule has 0 radical (unpaired) electrons. The number of hydrogen-bond acceptors (Lipinski definition) is 9. The van der Waals surface area contributed by atoms with E-state index in [0.717, 1.165) is 50.8 Å². The average molecular weight is 401 g/mol. The second-order valence-electron chi connectivity index (χ2n) is 7.32. The highest BCUT2D eigenvalue weighted by atomic mass is 16.5. The van der Waals surface area contributed by atoms with E-state index in [1.165, 1.54) is 19.4 Å². The van der Waals surface area contributed by atoms with Gasteiger partial charge in [-0.3, -0.25) is 9.69 Å². The standard InChI is InChI=1S/C20H27N5O4/c1-27-18-14-29-16(12-17(18)26)13-24-6-3-15(4-7-24)22-19-2-5-21-20(23-19)25-8-10-28-11-9-25/h2,5,12,14-15H,3-4,6-11,13H2,1H3,(H,21,22,23). The molecule has 2 aromatic rings. The molecule has 2 aromatic heterocycles. The van der Waals surface area contributed by atoms with Crippen LogP contribution in [0.3, 0.4) is 0 Å². The van der Waals surface area contributed by atoms with Crippen molar-refractivity contribution in [1.82, 2.24) is 14.9 Å². The van der Waals surface area contributed by atoms with Crippen molar-refractivity contribution in [2.45, 2.75) is 25.4 Å². The molecule has 0 aliphatic carbocycles. The number of morpholine rings is 1. The summed E-state index contributed by atoms with van der Waals surface area (Å²) < 4.78 is 15.9. The van der Waals surface area contributed by atoms with Crippen molar-refractivity contribution in [2.75, 3.05) is 56.7 Å². The number of rotatable bonds is 6. The Bertz CT molecular complexity index is 860. The third kappa shape index (κ3) is 5.04. The molecule has 2 saturated heterocycles. The Kier molecular flexibility index (Phi) is 6.26. The summed E-state index contributed by atoms with van der Waals surface area (Å²) in [4.78, 5) is 25.4. The van der Waals surface area contributed by atoms with Crippen molar-refractivity contribution < 1.29 is 13.9 Å². The van der Waals surface area contributed by atoms with E-state index < -0.39 is 0 Å². The minimum Gasteiger partial charge on any atom is -0.490 e. The largest absolute Gasteiger partial charge is 0.490 e. The number of likely N-dealkylation sites (tertiary alicyclic amines) is 1. The molecule has 4 rings (SSSR count). The highest BCUT2D eigenvalue weighted by Gasteiger charge is 2.21. The van der Waals surface area contributed by atoms with Crippen LogP contribution >= 0.6 is 0 Å². The summed E-state index contributed by atoms with van der Waals surface area (Å²) >= 11 is 0. The fraction of sp³-hybridized carbons (Fsp3) is 0.550. The summed E-state index contributed by atoms with van der Waals surface area (Å²) in [5, 5.41) is 3.54. The molecule has 156 valence electrons. The second kappa shape index (κ2) is 9.23. The number of nitrogens with zero attached hydrogens (tertiary/aromatic N) is 4. The molecular formula is C20H27N5O4. The average Bonchev–Trinajstić information content (AvgIpc) is 2.76. The first kappa shape index (κ1) is 19.7. The number of nitrogens with one attached hydrogen (secondary N) is 1. The van der Waals surface area contributed by atoms with Gasteiger partial charge in [-0.05, 0) is 18.9 Å². The molecule has 0 atom stereocenters. The molecule has 2 aliphatic rings. The van der Waals surface area contributed by atoms with Gasteiger partial charge in [-0.1, -0.05) is 0 Å². The van der Waals surface area contributed by atoms with Gasteiger partial charge in [-0.25, -0.2) is 4.98 Å². The van der Waals surface area contributed by atoms with Crippen molar-refractivity contribution in [1.29, 1.82) is 0 Å². The predicted octanol–water partition coefficient (Wildman–Crippen LogP) is 1.35. The number of hydrogen-bond donors (Lipinski definition) is 1. The van der Waals surface area contributed by atoms with Crippen LogP contribution in [0.25, 0.3) is 0 Å². The first-order chi connectivity index (χ1) is 14.2. The van der Waals surface area contributed by atoms with Gasteiger partial charge in [0.25, 0.3) is 0 Å². The highest BCUT2D eigenvalue weighted by Crippen LogP contribution is 2.19. The number of aromatic nitrogens is 2. The van der Waals surface area contributed by atoms with Crippen LogP contribution in [0.2, 0.25) is 0 Å². The van der Waals surface area contributed by atoms with Gasteiger partial charge in [0.2, 0.25) is 17.1 Å². The van der Waals surface area contributed by atoms with E-state index in [1.54, 1.807) is 6.20 Å². The van der Waals surface area contributed by atoms with E-state index in [4.69, 9.17) is 13.9 Å². The lowest BCUT2D eigenvalue weighted by Crippen LogP contribution is -2.39. The number of piperidine rings is 1. The van der Waals surface area contributed by atoms with E-state index in [-0.39, 0.29) is 11.2 Å². The molecule has 2 aliphatic heterocycles. The van der Waals surface area contributed by atoms with Crippen LogP contribution in [0.4, 0.5) is 11.8 Å². The molecule has 0 spiro atoms. The molecule has 9 heteroatoms. The van der Waals surface area contributed by atoms with E-state index in [0.29, 0.717) is 31.6 Å². The first-order valence-electron chi connectivity index (χ1n) is 10.0. The zero-order valence-electron chi connectivity index (χ0n) is 16.7. The molecular weight excluding hydrogens is 374 g/mol. The Hall–Kier alpha value is -2.65. The monoisotopic (exact) mass is 401 g/mol. The van der Waals surface area contributed by atoms with Gasteiger partial charge in [0, 0.05) is 44.5 Å². The molecule has 0 saturated carbocycles. The van der Waals surface area contributed by atoms with Gasteiger partial charge in [0.05, 0.1) is 26.9 Å². The van der Waals surface area contributed by atoms with Gasteiger partial charge in [0.1, 0.15) is 17.8 Å². The maximum absolute atomic E-state index is 11.9. The molecule has 0 bridgehead atoms. The van der Waals surface area contributed by atoms with Gasteiger partial charge < -0.3 is 24.1 Å². The molecule has 2 fully saturated rings. The second-order valence-corrected chi connectivity index (χ2v) is 7.32. The fourth-order valence-corrected chi connectivity index (χ4v) is 3.68. The molecule has 4 heterocycles. The van der Waals surface area contributed by atoms with Crippen LogP contribution < -0.4 is 20.4 Å². The molecule has 0 amide bonds. The third-order valence-corrected chi connectivity index (χ3v) is 5.33. The SMILES string of the molecule is COc1coc(CN2CCC(Nc3ccnc(N4CCOCC4)n3)CC2)cc1=O. The zero-order valence-corrected chi connectivity index (χ0v) is 16.7. The lowest BCUT2D eigenvalue weighted by atomic mass is 10.0. The molecule has 1 N–H and O–H groups in total. The van der Waals surface area contributed by atoms with Crippen LogP contribution in [0, 0.1) is 0 Å². The van der Waals surface area contributed by atoms with Crippen molar-refractivity contribution in [3.8, 4) is 5.75 Å². The Morgan fingerprint density at radius 2 is 2.03 bits per heavy atom. The Morgan fingerprint density at radius 3 is 2.76 bits per heavy atom. The van der Waals surface area contributed by atoms with E-state index >= 15 is 0 Å². The topological polar surface area (TPSA) is 93.0 Å². The predicted molar refractivity (Wildman–Crippen MR) is 109 cm³/mol. The van der Waals surface area contributed by atoms with E-state index in [1.807, 2.05) is 6.07 Å². The van der Waals surface area contributed by atoms with Crippen LogP contribution in [0.1, 0.15) is 18.6 Å². The molecule has 29 heavy (non-hydrogen) atoms. The fourth-order valence-electron chi connectivity index (χ4n) is 3.68. The molecule has 0 unspecified atom stereocenters. The van der Waals surface area contributed by atoms with Gasteiger partial charge in [-0.2, -0.15) is 4.98 Å². The van der Waals surface area contributed by atoms with E-state index in [2.05, 4.69) is 25.1 Å². The normalized spacial score (nSPS) is 18.6. The number of anilines is 2. The summed E-state index contributed by atoms with van der Waals surface area (Å²) in [5.74, 6) is 2.51. The summed E-state index contributed by atoms with van der Waals surface area (Å²) in [7, 11) is 1.46. The number of ether oxygens (including phenoxy) is 2. The lowest BCUT2D eigenvalue weighted by Gasteiger charge is -2.32. The molecule has 9 nitrogen and oxygen atoms in total. The highest BCUT2D eigenvalue weighted by molar-refractivity contribution is 5.42. The van der Waals surface area contributed by atoms with Crippen molar-refractivity contribution in [2.24, 2.45) is 0 Å². The summed E-state index contributed by atoms with van der Waals surface area (Å²) in [5.41, 5.74) is -0.148. The van der Waals surface area contributed by atoms with Crippen LogP contribution in [0.15, 0.2) is 33.8 Å². The maximum atomic E-state index is 11.9. The summed E-state index contributed by atoms with van der Waals surface area (Å²) in [6.07, 6.45) is 5.18. The van der Waals surface area contributed by atoms with Crippen LogP contribution in [0.5, 0.6) is 5.75 Å². The zero-order chi connectivity index (χ0) is 20.1. The van der Waals surface area contributed by atoms with Gasteiger partial charge in [0.15, 0.2) is 0 Å². The van der Waals surface area contributed by atoms with Crippen LogP contribution in [-0.2, 0) is 11.3 Å². The molecule has 0 aromatic carbocycles. The smallest absolute Gasteiger partial charge is 0.227 e. The quantitative estimate of drug-likeness (QED) is 0.770. The van der Waals surface area contributed by atoms with Crippen LogP contribution in [-0.4, -0.2) is 67.4 Å². The minimum absolute atomic E-state index is 0.148. The summed E-state index contributed by atoms with van der Waals surface area (Å²) in [6, 6.07) is 3.79. The van der Waals surface area contributed by atoms with E-state index in [9.17, 15) is 4.79 Å². The van der Waals surface area contributed by atoms with Gasteiger partial charge >= 0.3 is 0 Å². The maximum Gasteiger partial charge on any atom is 0.227 e. The van der Waals surface area contributed by atoms with Crippen molar-refractivity contribution >= 4 is 11.8 Å². The number of methoxy groups -OCH3 is 1. The van der Waals surface area contributed by atoms with Crippen molar-refractivity contribution in [3.63, 3.8) is 0 Å².